The normalized spacial score (nSPS) is 21.2. The molecule has 1 fully saturated rings. The summed E-state index contributed by atoms with van der Waals surface area (Å²) in [7, 11) is 0. The SMILES string of the molecule is CCC(Oc1ccccc1Cl)C(=O)N1C[C@@H](N)[C@H](c2ccccc2)C1. The Morgan fingerprint density at radius 1 is 1.20 bits per heavy atom. The fourth-order valence-electron chi connectivity index (χ4n) is 3.27. The number of likely N-dealkylation sites (tertiary alicyclic amines) is 1. The van der Waals surface area contributed by atoms with Gasteiger partial charge in [-0.15, -0.1) is 0 Å². The number of benzene rings is 2. The summed E-state index contributed by atoms with van der Waals surface area (Å²) in [5.74, 6) is 0.659. The standard InChI is InChI=1S/C20H23ClN2O2/c1-2-18(25-19-11-7-6-10-16(19)21)20(24)23-12-15(17(22)13-23)14-8-4-3-5-9-14/h3-11,15,17-18H,2,12-13,22H2,1H3/t15-,17+,18?/m0/s1. The molecule has 0 aromatic heterocycles. The number of nitrogens with two attached hydrogens (primary N) is 1. The molecule has 1 aliphatic heterocycles. The number of para-hydroxylation sites is 1. The van der Waals surface area contributed by atoms with Gasteiger partial charge in [0.05, 0.1) is 5.02 Å². The maximum absolute atomic E-state index is 12.9. The monoisotopic (exact) mass is 358 g/mol. The lowest BCUT2D eigenvalue weighted by atomic mass is 9.95. The largest absolute Gasteiger partial charge is 0.479 e. The number of carbonyl (C=O) groups is 1. The maximum Gasteiger partial charge on any atom is 0.263 e. The predicted octanol–water partition coefficient (Wildman–Crippen LogP) is 3.45. The summed E-state index contributed by atoms with van der Waals surface area (Å²) in [6.45, 7) is 3.09. The van der Waals surface area contributed by atoms with Crippen molar-refractivity contribution in [2.24, 2.45) is 5.73 Å². The van der Waals surface area contributed by atoms with Gasteiger partial charge in [0, 0.05) is 25.0 Å². The highest BCUT2D eigenvalue weighted by Gasteiger charge is 2.36. The Morgan fingerprint density at radius 3 is 2.56 bits per heavy atom. The molecule has 1 aliphatic rings. The van der Waals surface area contributed by atoms with E-state index in [2.05, 4.69) is 12.1 Å². The van der Waals surface area contributed by atoms with Crippen LogP contribution < -0.4 is 10.5 Å². The van der Waals surface area contributed by atoms with Gasteiger partial charge in [0.1, 0.15) is 5.75 Å². The van der Waals surface area contributed by atoms with Crippen molar-refractivity contribution in [3.8, 4) is 5.75 Å². The van der Waals surface area contributed by atoms with Gasteiger partial charge < -0.3 is 15.4 Å². The molecule has 1 heterocycles. The molecule has 1 saturated heterocycles. The quantitative estimate of drug-likeness (QED) is 0.890. The third kappa shape index (κ3) is 3.97. The van der Waals surface area contributed by atoms with Gasteiger partial charge in [0.2, 0.25) is 0 Å². The van der Waals surface area contributed by atoms with Crippen molar-refractivity contribution in [2.45, 2.75) is 31.4 Å². The van der Waals surface area contributed by atoms with Gasteiger partial charge in [0.15, 0.2) is 6.10 Å². The van der Waals surface area contributed by atoms with E-state index in [-0.39, 0.29) is 17.9 Å². The van der Waals surface area contributed by atoms with Crippen LogP contribution in [0.4, 0.5) is 0 Å². The Kier molecular flexibility index (Phi) is 5.61. The van der Waals surface area contributed by atoms with Crippen molar-refractivity contribution in [1.82, 2.24) is 4.90 Å². The van der Waals surface area contributed by atoms with E-state index in [0.29, 0.717) is 30.3 Å². The Balaban J connectivity index is 1.70. The van der Waals surface area contributed by atoms with Gasteiger partial charge in [-0.3, -0.25) is 4.79 Å². The van der Waals surface area contributed by atoms with Crippen molar-refractivity contribution < 1.29 is 9.53 Å². The lowest BCUT2D eigenvalue weighted by Gasteiger charge is -2.24. The molecule has 1 unspecified atom stereocenters. The van der Waals surface area contributed by atoms with Crippen LogP contribution in [0.25, 0.3) is 0 Å². The number of amides is 1. The van der Waals surface area contributed by atoms with Gasteiger partial charge in [-0.1, -0.05) is 61.0 Å². The van der Waals surface area contributed by atoms with Crippen molar-refractivity contribution >= 4 is 17.5 Å². The van der Waals surface area contributed by atoms with Crippen molar-refractivity contribution in [1.29, 1.82) is 0 Å². The van der Waals surface area contributed by atoms with Crippen molar-refractivity contribution in [3.63, 3.8) is 0 Å². The summed E-state index contributed by atoms with van der Waals surface area (Å²) in [6, 6.07) is 17.3. The smallest absolute Gasteiger partial charge is 0.263 e. The minimum Gasteiger partial charge on any atom is -0.479 e. The van der Waals surface area contributed by atoms with Gasteiger partial charge in [-0.05, 0) is 24.1 Å². The second-order valence-electron chi connectivity index (χ2n) is 6.37. The molecule has 0 bridgehead atoms. The van der Waals surface area contributed by atoms with E-state index >= 15 is 0 Å². The van der Waals surface area contributed by atoms with Gasteiger partial charge in [-0.2, -0.15) is 0 Å². The minimum absolute atomic E-state index is 0.0312. The van der Waals surface area contributed by atoms with Crippen LogP contribution in [-0.2, 0) is 4.79 Å². The molecule has 2 aromatic carbocycles. The zero-order valence-corrected chi connectivity index (χ0v) is 15.0. The summed E-state index contributed by atoms with van der Waals surface area (Å²) in [5, 5.41) is 0.508. The molecule has 1 amide bonds. The van der Waals surface area contributed by atoms with Crippen LogP contribution in [0.1, 0.15) is 24.8 Å². The Hall–Kier alpha value is -2.04. The summed E-state index contributed by atoms with van der Waals surface area (Å²) in [5.41, 5.74) is 7.47. The van der Waals surface area contributed by atoms with Crippen LogP contribution in [0.5, 0.6) is 5.75 Å². The van der Waals surface area contributed by atoms with Crippen LogP contribution in [0.2, 0.25) is 5.02 Å². The van der Waals surface area contributed by atoms with Gasteiger partial charge in [-0.25, -0.2) is 0 Å². The van der Waals surface area contributed by atoms with Gasteiger partial charge >= 0.3 is 0 Å². The van der Waals surface area contributed by atoms with Crippen molar-refractivity contribution in [2.75, 3.05) is 13.1 Å². The second-order valence-corrected chi connectivity index (χ2v) is 6.78. The van der Waals surface area contributed by atoms with E-state index in [9.17, 15) is 4.79 Å². The lowest BCUT2D eigenvalue weighted by molar-refractivity contribution is -0.137. The van der Waals surface area contributed by atoms with Crippen LogP contribution in [0, 0.1) is 0 Å². The average Bonchev–Trinajstić information content (AvgIpc) is 3.03. The first-order valence-electron chi connectivity index (χ1n) is 8.60. The molecular formula is C20H23ClN2O2. The summed E-state index contributed by atoms with van der Waals surface area (Å²) < 4.78 is 5.88. The predicted molar refractivity (Wildman–Crippen MR) is 99.9 cm³/mol. The van der Waals surface area contributed by atoms with E-state index in [1.54, 1.807) is 12.1 Å². The molecule has 2 N–H and O–H groups in total. The Bertz CT molecular complexity index is 723. The molecule has 3 rings (SSSR count). The fraction of sp³-hybridized carbons (Fsp3) is 0.350. The number of hydrogen-bond acceptors (Lipinski definition) is 3. The maximum atomic E-state index is 12.9. The first-order chi connectivity index (χ1) is 12.1. The number of ether oxygens (including phenoxy) is 1. The molecule has 0 radical (unpaired) electrons. The number of rotatable bonds is 5. The van der Waals surface area contributed by atoms with Gasteiger partial charge in [0.25, 0.3) is 5.91 Å². The first kappa shape index (κ1) is 17.8. The van der Waals surface area contributed by atoms with E-state index in [1.165, 1.54) is 5.56 Å². The fourth-order valence-corrected chi connectivity index (χ4v) is 3.45. The third-order valence-corrected chi connectivity index (χ3v) is 4.97. The highest BCUT2D eigenvalue weighted by molar-refractivity contribution is 6.32. The van der Waals surface area contributed by atoms with E-state index in [4.69, 9.17) is 22.1 Å². The van der Waals surface area contributed by atoms with Crippen LogP contribution in [-0.4, -0.2) is 36.0 Å². The number of hydrogen-bond donors (Lipinski definition) is 1. The molecular weight excluding hydrogens is 336 g/mol. The summed E-state index contributed by atoms with van der Waals surface area (Å²) in [6.07, 6.45) is 0.0211. The second kappa shape index (κ2) is 7.89. The van der Waals surface area contributed by atoms with Crippen LogP contribution >= 0.6 is 11.6 Å². The first-order valence-corrected chi connectivity index (χ1v) is 8.98. The average molecular weight is 359 g/mol. The summed E-state index contributed by atoms with van der Waals surface area (Å²) >= 11 is 6.15. The topological polar surface area (TPSA) is 55.6 Å². The Morgan fingerprint density at radius 2 is 1.88 bits per heavy atom. The number of halogens is 1. The molecule has 5 heteroatoms. The molecule has 0 spiro atoms. The van der Waals surface area contributed by atoms with Crippen molar-refractivity contribution in [3.05, 3.63) is 65.2 Å². The number of carbonyl (C=O) groups excluding carboxylic acids is 1. The van der Waals surface area contributed by atoms with E-state index in [0.717, 1.165) is 0 Å². The minimum atomic E-state index is -0.554. The van der Waals surface area contributed by atoms with Crippen LogP contribution in [0.3, 0.4) is 0 Å². The highest BCUT2D eigenvalue weighted by atomic mass is 35.5. The lowest BCUT2D eigenvalue weighted by Crippen LogP contribution is -2.41. The molecule has 25 heavy (non-hydrogen) atoms. The Labute approximate surface area is 153 Å². The third-order valence-electron chi connectivity index (χ3n) is 4.66. The highest BCUT2D eigenvalue weighted by Crippen LogP contribution is 2.29. The molecule has 4 nitrogen and oxygen atoms in total. The molecule has 132 valence electrons. The van der Waals surface area contributed by atoms with E-state index < -0.39 is 6.10 Å². The molecule has 0 aliphatic carbocycles. The van der Waals surface area contributed by atoms with E-state index in [1.807, 2.05) is 42.2 Å². The molecule has 3 atom stereocenters. The zero-order chi connectivity index (χ0) is 17.8. The summed E-state index contributed by atoms with van der Waals surface area (Å²) in [4.78, 5) is 14.7. The van der Waals surface area contributed by atoms with Crippen LogP contribution in [0.15, 0.2) is 54.6 Å². The molecule has 2 aromatic rings. The zero-order valence-electron chi connectivity index (χ0n) is 14.3. The molecule has 0 saturated carbocycles. The number of nitrogens with zero attached hydrogens (tertiary/aromatic N) is 1.